The molecule has 0 aromatic heterocycles. The number of hydrogen-bond acceptors (Lipinski definition) is 4. The molecule has 1 aromatic rings. The van der Waals surface area contributed by atoms with Crippen LogP contribution in [0.25, 0.3) is 6.08 Å². The molecule has 0 atom stereocenters. The van der Waals surface area contributed by atoms with Crippen molar-refractivity contribution in [1.29, 1.82) is 0 Å². The summed E-state index contributed by atoms with van der Waals surface area (Å²) in [7, 11) is 1.22. The van der Waals surface area contributed by atoms with Crippen LogP contribution in [0, 0.1) is 0 Å². The second-order valence-electron chi connectivity index (χ2n) is 3.20. The number of phenolic OH excluding ortho intramolecular Hbond substituents is 1. The van der Waals surface area contributed by atoms with Crippen molar-refractivity contribution < 1.29 is 19.4 Å². The van der Waals surface area contributed by atoms with Gasteiger partial charge < -0.3 is 9.84 Å². The molecular weight excluding hydrogens is 208 g/mol. The molecule has 0 aliphatic rings. The summed E-state index contributed by atoms with van der Waals surface area (Å²) in [6, 6.07) is 6.14. The van der Waals surface area contributed by atoms with E-state index in [1.165, 1.54) is 32.2 Å². The van der Waals surface area contributed by atoms with Crippen molar-refractivity contribution in [2.24, 2.45) is 0 Å². The molecule has 1 N–H and O–H groups in total. The maximum Gasteiger partial charge on any atom is 0.341 e. The average molecular weight is 220 g/mol. The number of ketones is 1. The van der Waals surface area contributed by atoms with Crippen LogP contribution < -0.4 is 0 Å². The van der Waals surface area contributed by atoms with Crippen LogP contribution in [-0.2, 0) is 14.3 Å². The fraction of sp³-hybridized carbons (Fsp3) is 0.167. The van der Waals surface area contributed by atoms with Gasteiger partial charge in [-0.15, -0.1) is 0 Å². The monoisotopic (exact) mass is 220 g/mol. The topological polar surface area (TPSA) is 63.6 Å². The first-order valence-corrected chi connectivity index (χ1v) is 4.64. The van der Waals surface area contributed by atoms with E-state index in [1.54, 1.807) is 12.1 Å². The van der Waals surface area contributed by atoms with Crippen molar-refractivity contribution in [2.75, 3.05) is 7.11 Å². The van der Waals surface area contributed by atoms with E-state index in [4.69, 9.17) is 5.11 Å². The van der Waals surface area contributed by atoms with Crippen LogP contribution in [0.1, 0.15) is 12.5 Å². The molecule has 1 aromatic carbocycles. The molecule has 4 nitrogen and oxygen atoms in total. The van der Waals surface area contributed by atoms with E-state index in [2.05, 4.69) is 4.74 Å². The summed E-state index contributed by atoms with van der Waals surface area (Å²) in [5, 5.41) is 9.08. The molecule has 84 valence electrons. The number of benzene rings is 1. The Kier molecular flexibility index (Phi) is 3.83. The summed E-state index contributed by atoms with van der Waals surface area (Å²) in [5.74, 6) is -0.903. The lowest BCUT2D eigenvalue weighted by Gasteiger charge is -2.01. The minimum atomic E-state index is -0.666. The fourth-order valence-electron chi connectivity index (χ4n) is 1.15. The Bertz CT molecular complexity index is 429. The number of aromatic hydroxyl groups is 1. The number of methoxy groups -OCH3 is 1. The number of Topliss-reactive ketones (excluding diaryl/α,β-unsaturated/α-hetero) is 1. The highest BCUT2D eigenvalue weighted by molar-refractivity contribution is 6.19. The smallest absolute Gasteiger partial charge is 0.341 e. The van der Waals surface area contributed by atoms with Crippen molar-refractivity contribution in [3.05, 3.63) is 35.4 Å². The molecule has 0 saturated heterocycles. The van der Waals surface area contributed by atoms with Crippen LogP contribution in [0.3, 0.4) is 0 Å². The van der Waals surface area contributed by atoms with Crippen LogP contribution in [0.5, 0.6) is 5.75 Å². The van der Waals surface area contributed by atoms with Crippen LogP contribution >= 0.6 is 0 Å². The molecule has 1 rings (SSSR count). The van der Waals surface area contributed by atoms with Gasteiger partial charge in [-0.05, 0) is 30.7 Å². The van der Waals surface area contributed by atoms with Gasteiger partial charge in [0.2, 0.25) is 0 Å². The Morgan fingerprint density at radius 1 is 1.25 bits per heavy atom. The minimum absolute atomic E-state index is 0.0202. The Morgan fingerprint density at radius 2 is 1.81 bits per heavy atom. The summed E-state index contributed by atoms with van der Waals surface area (Å²) in [5.41, 5.74) is 0.626. The second kappa shape index (κ2) is 5.11. The number of hydrogen-bond donors (Lipinski definition) is 1. The van der Waals surface area contributed by atoms with E-state index in [0.717, 1.165) is 0 Å². The maximum absolute atomic E-state index is 11.3. The van der Waals surface area contributed by atoms with Crippen LogP contribution in [0.4, 0.5) is 0 Å². The van der Waals surface area contributed by atoms with E-state index < -0.39 is 5.97 Å². The van der Waals surface area contributed by atoms with E-state index in [0.29, 0.717) is 5.56 Å². The van der Waals surface area contributed by atoms with Gasteiger partial charge in [-0.25, -0.2) is 4.79 Å². The quantitative estimate of drug-likeness (QED) is 0.363. The summed E-state index contributed by atoms with van der Waals surface area (Å²) < 4.78 is 4.49. The van der Waals surface area contributed by atoms with Crippen molar-refractivity contribution in [2.45, 2.75) is 6.92 Å². The first-order valence-electron chi connectivity index (χ1n) is 4.64. The lowest BCUT2D eigenvalue weighted by atomic mass is 10.1. The zero-order chi connectivity index (χ0) is 12.1. The van der Waals surface area contributed by atoms with Gasteiger partial charge in [-0.3, -0.25) is 4.79 Å². The molecule has 0 heterocycles. The Labute approximate surface area is 93.2 Å². The highest BCUT2D eigenvalue weighted by atomic mass is 16.5. The lowest BCUT2D eigenvalue weighted by molar-refractivity contribution is -0.137. The second-order valence-corrected chi connectivity index (χ2v) is 3.20. The zero-order valence-electron chi connectivity index (χ0n) is 9.06. The molecule has 4 heteroatoms. The van der Waals surface area contributed by atoms with Crippen LogP contribution in [-0.4, -0.2) is 24.0 Å². The zero-order valence-corrected chi connectivity index (χ0v) is 9.06. The summed E-state index contributed by atoms with van der Waals surface area (Å²) in [6.07, 6.45) is 1.42. The molecule has 16 heavy (non-hydrogen) atoms. The van der Waals surface area contributed by atoms with Crippen molar-refractivity contribution >= 4 is 17.8 Å². The molecule has 0 radical (unpaired) electrons. The number of rotatable bonds is 3. The van der Waals surface area contributed by atoms with Gasteiger partial charge in [0.05, 0.1) is 7.11 Å². The molecule has 0 spiro atoms. The molecule has 0 amide bonds. The third kappa shape index (κ3) is 2.95. The molecule has 0 bridgehead atoms. The van der Waals surface area contributed by atoms with E-state index >= 15 is 0 Å². The predicted octanol–water partition coefficient (Wildman–Crippen LogP) is 1.54. The number of esters is 1. The van der Waals surface area contributed by atoms with Gasteiger partial charge in [0.15, 0.2) is 5.78 Å². The predicted molar refractivity (Wildman–Crippen MR) is 58.8 cm³/mol. The van der Waals surface area contributed by atoms with E-state index in [-0.39, 0.29) is 17.1 Å². The minimum Gasteiger partial charge on any atom is -0.508 e. The molecule has 0 aliphatic heterocycles. The number of phenols is 1. The summed E-state index contributed by atoms with van der Waals surface area (Å²) >= 11 is 0. The maximum atomic E-state index is 11.3. The SMILES string of the molecule is COC(=O)/C(=C/c1ccc(O)cc1)C(C)=O. The molecule has 0 fully saturated rings. The first kappa shape index (κ1) is 12.0. The third-order valence-corrected chi connectivity index (χ3v) is 1.99. The van der Waals surface area contributed by atoms with E-state index in [1.807, 2.05) is 0 Å². The average Bonchev–Trinajstić information content (AvgIpc) is 2.27. The Morgan fingerprint density at radius 3 is 2.25 bits per heavy atom. The molecule has 0 unspecified atom stereocenters. The van der Waals surface area contributed by atoms with Gasteiger partial charge in [0, 0.05) is 0 Å². The number of carbonyl (C=O) groups is 2. The highest BCUT2D eigenvalue weighted by Crippen LogP contribution is 2.13. The molecular formula is C12H12O4. The Hall–Kier alpha value is -2.10. The normalized spacial score (nSPS) is 11.0. The fourth-order valence-corrected chi connectivity index (χ4v) is 1.15. The molecule has 0 aliphatic carbocycles. The standard InChI is InChI=1S/C12H12O4/c1-8(13)11(12(15)16-2)7-9-3-5-10(14)6-4-9/h3-7,14H,1-2H3/b11-7+. The summed E-state index contributed by atoms with van der Waals surface area (Å²) in [6.45, 7) is 1.29. The van der Waals surface area contributed by atoms with Crippen LogP contribution in [0.15, 0.2) is 29.8 Å². The lowest BCUT2D eigenvalue weighted by Crippen LogP contribution is -2.11. The van der Waals surface area contributed by atoms with Gasteiger partial charge in [0.25, 0.3) is 0 Å². The van der Waals surface area contributed by atoms with Crippen LogP contribution in [0.2, 0.25) is 0 Å². The van der Waals surface area contributed by atoms with Gasteiger partial charge in [0.1, 0.15) is 11.3 Å². The first-order chi connectivity index (χ1) is 7.54. The Balaban J connectivity index is 3.07. The van der Waals surface area contributed by atoms with Crippen molar-refractivity contribution in [3.8, 4) is 5.75 Å². The largest absolute Gasteiger partial charge is 0.508 e. The van der Waals surface area contributed by atoms with Crippen molar-refractivity contribution in [1.82, 2.24) is 0 Å². The van der Waals surface area contributed by atoms with Gasteiger partial charge in [-0.1, -0.05) is 12.1 Å². The number of ether oxygens (including phenoxy) is 1. The van der Waals surface area contributed by atoms with E-state index in [9.17, 15) is 9.59 Å². The molecule has 0 saturated carbocycles. The highest BCUT2D eigenvalue weighted by Gasteiger charge is 2.14. The third-order valence-electron chi connectivity index (χ3n) is 1.99. The van der Waals surface area contributed by atoms with Crippen molar-refractivity contribution in [3.63, 3.8) is 0 Å². The van der Waals surface area contributed by atoms with Gasteiger partial charge >= 0.3 is 5.97 Å². The number of carbonyl (C=O) groups excluding carboxylic acids is 2. The van der Waals surface area contributed by atoms with Gasteiger partial charge in [-0.2, -0.15) is 0 Å². The summed E-state index contributed by atoms with van der Waals surface area (Å²) in [4.78, 5) is 22.5.